The van der Waals surface area contributed by atoms with Crippen LogP contribution in [0, 0.1) is 11.8 Å². The Morgan fingerprint density at radius 1 is 1.50 bits per heavy atom. The van der Waals surface area contributed by atoms with Crippen molar-refractivity contribution in [1.82, 2.24) is 4.90 Å². The van der Waals surface area contributed by atoms with Gasteiger partial charge in [-0.2, -0.15) is 0 Å². The summed E-state index contributed by atoms with van der Waals surface area (Å²) in [6.45, 7) is 6.20. The van der Waals surface area contributed by atoms with Crippen LogP contribution >= 0.6 is 0 Å². The number of amides is 1. The van der Waals surface area contributed by atoms with E-state index in [-0.39, 0.29) is 12.0 Å². The minimum Gasteiger partial charge on any atom is -0.391 e. The molecule has 1 aliphatic heterocycles. The first kappa shape index (κ1) is 15.4. The summed E-state index contributed by atoms with van der Waals surface area (Å²) in [7, 11) is 0. The molecule has 106 valence electrons. The number of carbonyl (C=O) groups excluding carboxylic acids is 1. The van der Waals surface area contributed by atoms with Crippen LogP contribution < -0.4 is 5.73 Å². The average Bonchev–Trinajstić information content (AvgIpc) is 2.37. The summed E-state index contributed by atoms with van der Waals surface area (Å²) in [5.74, 6) is 1.07. The minimum atomic E-state index is -0.353. The third-order valence-corrected chi connectivity index (χ3v) is 4.19. The molecular weight excluding hydrogens is 228 g/mol. The van der Waals surface area contributed by atoms with Crippen molar-refractivity contribution in [3.05, 3.63) is 0 Å². The number of aliphatic hydroxyl groups is 1. The van der Waals surface area contributed by atoms with Crippen LogP contribution in [0.3, 0.4) is 0 Å². The molecule has 1 amide bonds. The molecule has 0 spiro atoms. The van der Waals surface area contributed by atoms with E-state index in [0.717, 1.165) is 32.2 Å². The van der Waals surface area contributed by atoms with Crippen LogP contribution in [0.25, 0.3) is 0 Å². The van der Waals surface area contributed by atoms with Crippen LogP contribution in [0.15, 0.2) is 0 Å². The van der Waals surface area contributed by atoms with Gasteiger partial charge < -0.3 is 15.7 Å². The lowest BCUT2D eigenvalue weighted by atomic mass is 9.94. The molecule has 0 radical (unpaired) electrons. The van der Waals surface area contributed by atoms with E-state index in [4.69, 9.17) is 5.73 Å². The Morgan fingerprint density at radius 2 is 2.22 bits per heavy atom. The molecule has 1 aliphatic rings. The van der Waals surface area contributed by atoms with Crippen molar-refractivity contribution in [3.8, 4) is 0 Å². The highest BCUT2D eigenvalue weighted by molar-refractivity contribution is 5.76. The Kier molecular flexibility index (Phi) is 6.65. The number of nitrogens with zero attached hydrogens (tertiary/aromatic N) is 1. The normalized spacial score (nSPS) is 26.1. The van der Waals surface area contributed by atoms with Gasteiger partial charge in [-0.1, -0.05) is 20.3 Å². The molecule has 0 aliphatic carbocycles. The lowest BCUT2D eigenvalue weighted by molar-refractivity contribution is -0.135. The van der Waals surface area contributed by atoms with Crippen molar-refractivity contribution in [2.24, 2.45) is 17.6 Å². The molecule has 3 unspecified atom stereocenters. The fourth-order valence-electron chi connectivity index (χ4n) is 2.55. The first-order valence-electron chi connectivity index (χ1n) is 7.24. The van der Waals surface area contributed by atoms with Crippen molar-refractivity contribution >= 4 is 5.91 Å². The number of carbonyl (C=O) groups is 1. The third-order valence-electron chi connectivity index (χ3n) is 4.19. The van der Waals surface area contributed by atoms with E-state index in [1.165, 1.54) is 0 Å². The zero-order valence-corrected chi connectivity index (χ0v) is 11.8. The number of rotatable bonds is 6. The molecular formula is C14H28N2O2. The molecule has 0 aromatic rings. The number of hydrogen-bond acceptors (Lipinski definition) is 3. The zero-order chi connectivity index (χ0) is 13.5. The fourth-order valence-corrected chi connectivity index (χ4v) is 2.55. The van der Waals surface area contributed by atoms with Crippen LogP contribution in [0.4, 0.5) is 0 Å². The standard InChI is InChI=1S/C14H28N2O2/c1-3-12(6-8-15)4-5-14(18)16-9-7-11(2)13(17)10-16/h11-13,17H,3-10,15H2,1-2H3. The van der Waals surface area contributed by atoms with Crippen molar-refractivity contribution < 1.29 is 9.90 Å². The molecule has 0 aromatic heterocycles. The molecule has 1 heterocycles. The molecule has 0 saturated carbocycles. The largest absolute Gasteiger partial charge is 0.391 e. The highest BCUT2D eigenvalue weighted by Gasteiger charge is 2.27. The van der Waals surface area contributed by atoms with Gasteiger partial charge in [0.1, 0.15) is 0 Å². The van der Waals surface area contributed by atoms with Gasteiger partial charge in [0.25, 0.3) is 0 Å². The van der Waals surface area contributed by atoms with Crippen LogP contribution in [-0.2, 0) is 4.79 Å². The Labute approximate surface area is 111 Å². The summed E-state index contributed by atoms with van der Waals surface area (Å²) in [5.41, 5.74) is 5.56. The van der Waals surface area contributed by atoms with E-state index in [9.17, 15) is 9.90 Å². The number of nitrogens with two attached hydrogens (primary N) is 1. The highest BCUT2D eigenvalue weighted by Crippen LogP contribution is 2.20. The SMILES string of the molecule is CCC(CCN)CCC(=O)N1CCC(C)C(O)C1. The van der Waals surface area contributed by atoms with Crippen molar-refractivity contribution in [2.75, 3.05) is 19.6 Å². The molecule has 18 heavy (non-hydrogen) atoms. The number of piperidine rings is 1. The van der Waals surface area contributed by atoms with Crippen LogP contribution in [0.1, 0.15) is 46.0 Å². The first-order valence-corrected chi connectivity index (χ1v) is 7.24. The summed E-state index contributed by atoms with van der Waals surface area (Å²) < 4.78 is 0. The molecule has 0 bridgehead atoms. The smallest absolute Gasteiger partial charge is 0.222 e. The van der Waals surface area contributed by atoms with Gasteiger partial charge in [0.05, 0.1) is 6.10 Å². The average molecular weight is 256 g/mol. The van der Waals surface area contributed by atoms with Gasteiger partial charge >= 0.3 is 0 Å². The second-order valence-electron chi connectivity index (χ2n) is 5.56. The summed E-state index contributed by atoms with van der Waals surface area (Å²) in [4.78, 5) is 13.9. The topological polar surface area (TPSA) is 66.6 Å². The molecule has 3 atom stereocenters. The van der Waals surface area contributed by atoms with E-state index in [1.54, 1.807) is 0 Å². The third kappa shape index (κ3) is 4.58. The Bertz CT molecular complexity index is 258. The Balaban J connectivity index is 2.32. The van der Waals surface area contributed by atoms with Gasteiger partial charge in [-0.3, -0.25) is 4.79 Å². The van der Waals surface area contributed by atoms with Gasteiger partial charge in [-0.15, -0.1) is 0 Å². The highest BCUT2D eigenvalue weighted by atomic mass is 16.3. The molecule has 4 heteroatoms. The quantitative estimate of drug-likeness (QED) is 0.754. The van der Waals surface area contributed by atoms with Gasteiger partial charge in [0.2, 0.25) is 5.91 Å². The van der Waals surface area contributed by atoms with Gasteiger partial charge in [-0.05, 0) is 37.6 Å². The summed E-state index contributed by atoms with van der Waals surface area (Å²) in [6, 6.07) is 0. The van der Waals surface area contributed by atoms with Gasteiger partial charge in [0, 0.05) is 19.5 Å². The summed E-state index contributed by atoms with van der Waals surface area (Å²) in [6.07, 6.45) is 4.17. The van der Waals surface area contributed by atoms with Crippen molar-refractivity contribution in [1.29, 1.82) is 0 Å². The maximum Gasteiger partial charge on any atom is 0.222 e. The summed E-state index contributed by atoms with van der Waals surface area (Å²) >= 11 is 0. The van der Waals surface area contributed by atoms with Gasteiger partial charge in [0.15, 0.2) is 0 Å². The van der Waals surface area contributed by atoms with E-state index in [0.29, 0.717) is 31.3 Å². The van der Waals surface area contributed by atoms with Crippen molar-refractivity contribution in [3.63, 3.8) is 0 Å². The first-order chi connectivity index (χ1) is 8.58. The molecule has 0 aromatic carbocycles. The van der Waals surface area contributed by atoms with Crippen molar-refractivity contribution in [2.45, 2.75) is 52.1 Å². The van der Waals surface area contributed by atoms with Crippen LogP contribution in [-0.4, -0.2) is 41.7 Å². The van der Waals surface area contributed by atoms with E-state index in [2.05, 4.69) is 6.92 Å². The maximum absolute atomic E-state index is 12.1. The second kappa shape index (κ2) is 7.74. The second-order valence-corrected chi connectivity index (χ2v) is 5.56. The Morgan fingerprint density at radius 3 is 2.78 bits per heavy atom. The zero-order valence-electron chi connectivity index (χ0n) is 11.8. The van der Waals surface area contributed by atoms with Gasteiger partial charge in [-0.25, -0.2) is 0 Å². The predicted octanol–water partition coefficient (Wildman–Crippen LogP) is 1.37. The number of aliphatic hydroxyl groups excluding tert-OH is 1. The predicted molar refractivity (Wildman–Crippen MR) is 73.1 cm³/mol. The Hall–Kier alpha value is -0.610. The van der Waals surface area contributed by atoms with E-state index in [1.807, 2.05) is 11.8 Å². The number of β-amino-alcohol motifs (C(OH)–C–C–N with tert-alkyl or cyclic N) is 1. The molecule has 1 fully saturated rings. The molecule has 1 rings (SSSR count). The molecule has 3 N–H and O–H groups in total. The van der Waals surface area contributed by atoms with Crippen LogP contribution in [0.2, 0.25) is 0 Å². The molecule has 4 nitrogen and oxygen atoms in total. The maximum atomic E-state index is 12.1. The fraction of sp³-hybridized carbons (Fsp3) is 0.929. The lowest BCUT2D eigenvalue weighted by Crippen LogP contribution is -2.45. The summed E-state index contributed by atoms with van der Waals surface area (Å²) in [5, 5.41) is 9.79. The lowest BCUT2D eigenvalue weighted by Gasteiger charge is -2.34. The molecule has 1 saturated heterocycles. The van der Waals surface area contributed by atoms with E-state index >= 15 is 0 Å². The number of hydrogen-bond donors (Lipinski definition) is 2. The van der Waals surface area contributed by atoms with Crippen LogP contribution in [0.5, 0.6) is 0 Å². The monoisotopic (exact) mass is 256 g/mol. The minimum absolute atomic E-state index is 0.191. The number of likely N-dealkylation sites (tertiary alicyclic amines) is 1. The van der Waals surface area contributed by atoms with E-state index < -0.39 is 0 Å².